The molecule has 0 saturated carbocycles. The van der Waals surface area contributed by atoms with E-state index in [1.165, 1.54) is 13.2 Å². The second-order valence-electron chi connectivity index (χ2n) is 5.11. The smallest absolute Gasteiger partial charge is 0.341 e. The Labute approximate surface area is 137 Å². The Hall–Kier alpha value is -2.08. The lowest BCUT2D eigenvalue weighted by Gasteiger charge is -2.26. The molecule has 0 radical (unpaired) electrons. The summed E-state index contributed by atoms with van der Waals surface area (Å²) in [6, 6.07) is 4.82. The van der Waals surface area contributed by atoms with Gasteiger partial charge in [-0.25, -0.2) is 4.79 Å². The molecule has 0 spiro atoms. The molecule has 1 rings (SSSR count). The van der Waals surface area contributed by atoms with Crippen LogP contribution in [0.3, 0.4) is 0 Å². The molecule has 6 heteroatoms. The first-order valence-corrected chi connectivity index (χ1v) is 7.72. The van der Waals surface area contributed by atoms with Crippen molar-refractivity contribution in [3.05, 3.63) is 23.8 Å². The monoisotopic (exact) mass is 323 g/mol. The number of carbonyl (C=O) groups is 2. The molecule has 1 aromatic carbocycles. The molecule has 1 atom stereocenters. The molecule has 1 N–H and O–H groups in total. The summed E-state index contributed by atoms with van der Waals surface area (Å²) in [5.41, 5.74) is -0.168. The lowest BCUT2D eigenvalue weighted by atomic mass is 10.0. The summed E-state index contributed by atoms with van der Waals surface area (Å²) in [7, 11) is 1.47. The molecule has 1 amide bonds. The van der Waals surface area contributed by atoms with Crippen molar-refractivity contribution in [2.24, 2.45) is 0 Å². The van der Waals surface area contributed by atoms with Crippen molar-refractivity contribution in [1.29, 1.82) is 0 Å². The van der Waals surface area contributed by atoms with Gasteiger partial charge < -0.3 is 19.5 Å². The van der Waals surface area contributed by atoms with Crippen LogP contribution in [0.1, 0.15) is 44.5 Å². The largest absolute Gasteiger partial charge is 0.496 e. The summed E-state index contributed by atoms with van der Waals surface area (Å²) >= 11 is 0. The van der Waals surface area contributed by atoms with Crippen LogP contribution in [0.2, 0.25) is 0 Å². The Morgan fingerprint density at radius 2 is 1.87 bits per heavy atom. The highest BCUT2D eigenvalue weighted by molar-refractivity contribution is 5.99. The van der Waals surface area contributed by atoms with Crippen LogP contribution in [0.15, 0.2) is 18.2 Å². The highest BCUT2D eigenvalue weighted by atomic mass is 16.5. The number of amides is 1. The van der Waals surface area contributed by atoms with Gasteiger partial charge in [-0.05, 0) is 45.4 Å². The Bertz CT molecular complexity index is 558. The van der Waals surface area contributed by atoms with Crippen molar-refractivity contribution >= 4 is 17.6 Å². The van der Waals surface area contributed by atoms with Gasteiger partial charge in [-0.15, -0.1) is 0 Å². The Kier molecular flexibility index (Phi) is 7.03. The topological polar surface area (TPSA) is 73.9 Å². The Morgan fingerprint density at radius 1 is 1.17 bits per heavy atom. The van der Waals surface area contributed by atoms with Crippen molar-refractivity contribution in [1.82, 2.24) is 0 Å². The third-order valence-electron chi connectivity index (χ3n) is 3.57. The maximum absolute atomic E-state index is 12.4. The first-order chi connectivity index (χ1) is 10.9. The number of hydrogen-bond donors (Lipinski definition) is 1. The fraction of sp³-hybridized carbons (Fsp3) is 0.529. The number of hydrogen-bond acceptors (Lipinski definition) is 5. The minimum Gasteiger partial charge on any atom is -0.496 e. The molecule has 0 saturated heterocycles. The third kappa shape index (κ3) is 4.69. The van der Waals surface area contributed by atoms with Crippen molar-refractivity contribution in [3.63, 3.8) is 0 Å². The Balaban J connectivity index is 3.03. The molecule has 1 aromatic rings. The lowest BCUT2D eigenvalue weighted by Crippen LogP contribution is -2.42. The SMILES string of the molecule is CCOC(=O)c1cc(NC(=O)C(C)(CC)OCC)ccc1OC. The predicted octanol–water partition coefficient (Wildman–Crippen LogP) is 3.02. The van der Waals surface area contributed by atoms with E-state index in [1.54, 1.807) is 26.0 Å². The van der Waals surface area contributed by atoms with Gasteiger partial charge in [-0.1, -0.05) is 6.92 Å². The number of benzene rings is 1. The van der Waals surface area contributed by atoms with E-state index >= 15 is 0 Å². The summed E-state index contributed by atoms with van der Waals surface area (Å²) in [6.07, 6.45) is 0.535. The number of anilines is 1. The summed E-state index contributed by atoms with van der Waals surface area (Å²) < 4.78 is 15.7. The van der Waals surface area contributed by atoms with Crippen molar-refractivity contribution in [2.45, 2.75) is 39.7 Å². The van der Waals surface area contributed by atoms with Crippen LogP contribution in [-0.4, -0.2) is 37.8 Å². The summed E-state index contributed by atoms with van der Waals surface area (Å²) in [4.78, 5) is 24.4. The number of ether oxygens (including phenoxy) is 3. The zero-order chi connectivity index (χ0) is 17.5. The molecule has 0 aliphatic rings. The first-order valence-electron chi connectivity index (χ1n) is 7.72. The van der Waals surface area contributed by atoms with Gasteiger partial charge in [0.05, 0.1) is 13.7 Å². The number of rotatable bonds is 8. The van der Waals surface area contributed by atoms with Crippen molar-refractivity contribution in [2.75, 3.05) is 25.6 Å². The standard InChI is InChI=1S/C17H25NO5/c1-6-17(4,23-8-3)16(20)18-12-9-10-14(21-5)13(11-12)15(19)22-7-2/h9-11H,6-8H2,1-5H3,(H,18,20). The average molecular weight is 323 g/mol. The zero-order valence-electron chi connectivity index (χ0n) is 14.4. The fourth-order valence-electron chi connectivity index (χ4n) is 2.06. The summed E-state index contributed by atoms with van der Waals surface area (Å²) in [5, 5.41) is 2.78. The van der Waals surface area contributed by atoms with E-state index in [4.69, 9.17) is 14.2 Å². The van der Waals surface area contributed by atoms with E-state index < -0.39 is 11.6 Å². The van der Waals surface area contributed by atoms with Crippen LogP contribution in [0, 0.1) is 0 Å². The Morgan fingerprint density at radius 3 is 2.39 bits per heavy atom. The molecular weight excluding hydrogens is 298 g/mol. The van der Waals surface area contributed by atoms with E-state index in [0.717, 1.165) is 0 Å². The third-order valence-corrected chi connectivity index (χ3v) is 3.57. The van der Waals surface area contributed by atoms with E-state index in [-0.39, 0.29) is 18.1 Å². The highest BCUT2D eigenvalue weighted by Crippen LogP contribution is 2.25. The number of nitrogens with one attached hydrogen (secondary N) is 1. The van der Waals surface area contributed by atoms with Gasteiger partial charge in [0.15, 0.2) is 0 Å². The van der Waals surface area contributed by atoms with Crippen LogP contribution in [0.25, 0.3) is 0 Å². The van der Waals surface area contributed by atoms with Gasteiger partial charge in [0.25, 0.3) is 5.91 Å². The summed E-state index contributed by atoms with van der Waals surface area (Å²) in [5.74, 6) is -0.366. The van der Waals surface area contributed by atoms with E-state index in [9.17, 15) is 9.59 Å². The molecule has 0 aromatic heterocycles. The minimum atomic E-state index is -0.918. The molecule has 0 aliphatic carbocycles. The van der Waals surface area contributed by atoms with E-state index in [2.05, 4.69) is 5.32 Å². The minimum absolute atomic E-state index is 0.261. The molecule has 23 heavy (non-hydrogen) atoms. The van der Waals surface area contributed by atoms with Gasteiger partial charge >= 0.3 is 5.97 Å². The maximum Gasteiger partial charge on any atom is 0.341 e. The quantitative estimate of drug-likeness (QED) is 0.744. The van der Waals surface area contributed by atoms with Crippen molar-refractivity contribution < 1.29 is 23.8 Å². The van der Waals surface area contributed by atoms with Crippen LogP contribution in [0.4, 0.5) is 5.69 Å². The number of carbonyl (C=O) groups excluding carboxylic acids is 2. The average Bonchev–Trinajstić information content (AvgIpc) is 2.55. The number of methoxy groups -OCH3 is 1. The molecule has 128 valence electrons. The normalized spacial score (nSPS) is 13.1. The molecule has 0 heterocycles. The van der Waals surface area contributed by atoms with E-state index in [0.29, 0.717) is 24.5 Å². The molecule has 0 fully saturated rings. The van der Waals surface area contributed by atoms with Crippen LogP contribution < -0.4 is 10.1 Å². The van der Waals surface area contributed by atoms with Gasteiger partial charge in [0.1, 0.15) is 16.9 Å². The lowest BCUT2D eigenvalue weighted by molar-refractivity contribution is -0.139. The van der Waals surface area contributed by atoms with Crippen molar-refractivity contribution in [3.8, 4) is 5.75 Å². The first kappa shape index (κ1) is 19.0. The zero-order valence-corrected chi connectivity index (χ0v) is 14.4. The molecule has 6 nitrogen and oxygen atoms in total. The number of esters is 1. The van der Waals surface area contributed by atoms with Crippen LogP contribution in [-0.2, 0) is 14.3 Å². The second-order valence-corrected chi connectivity index (χ2v) is 5.11. The molecule has 0 bridgehead atoms. The maximum atomic E-state index is 12.4. The molecule has 0 aliphatic heterocycles. The molecule has 1 unspecified atom stereocenters. The molecular formula is C17H25NO5. The van der Waals surface area contributed by atoms with Crippen LogP contribution >= 0.6 is 0 Å². The van der Waals surface area contributed by atoms with Gasteiger partial charge in [-0.3, -0.25) is 4.79 Å². The van der Waals surface area contributed by atoms with Crippen LogP contribution in [0.5, 0.6) is 5.75 Å². The van der Waals surface area contributed by atoms with Gasteiger partial charge in [0.2, 0.25) is 0 Å². The second kappa shape index (κ2) is 8.53. The predicted molar refractivity (Wildman–Crippen MR) is 87.9 cm³/mol. The van der Waals surface area contributed by atoms with Gasteiger partial charge in [-0.2, -0.15) is 0 Å². The van der Waals surface area contributed by atoms with E-state index in [1.807, 2.05) is 13.8 Å². The van der Waals surface area contributed by atoms with Gasteiger partial charge in [0, 0.05) is 12.3 Å². The summed E-state index contributed by atoms with van der Waals surface area (Å²) in [6.45, 7) is 7.89. The highest BCUT2D eigenvalue weighted by Gasteiger charge is 2.32. The fourth-order valence-corrected chi connectivity index (χ4v) is 2.06.